The Balaban J connectivity index is 0.00000240. The summed E-state index contributed by atoms with van der Waals surface area (Å²) < 4.78 is 1.88. The number of rotatable bonds is 6. The van der Waals surface area contributed by atoms with Gasteiger partial charge in [-0.05, 0) is 49.9 Å². The van der Waals surface area contributed by atoms with Crippen LogP contribution >= 0.6 is 12.4 Å². The van der Waals surface area contributed by atoms with Crippen molar-refractivity contribution >= 4 is 29.9 Å². The average molecular weight is 418 g/mol. The first-order valence-corrected chi connectivity index (χ1v) is 10.1. The van der Waals surface area contributed by atoms with Gasteiger partial charge >= 0.3 is 0 Å². The molecular weight excluding hydrogens is 390 g/mol. The maximum atomic E-state index is 12.5. The number of amides is 2. The number of piperidine rings is 1. The summed E-state index contributed by atoms with van der Waals surface area (Å²) in [4.78, 5) is 26.7. The summed E-state index contributed by atoms with van der Waals surface area (Å²) in [6, 6.07) is 10.1. The van der Waals surface area contributed by atoms with E-state index >= 15 is 0 Å². The third-order valence-corrected chi connectivity index (χ3v) is 5.53. The van der Waals surface area contributed by atoms with Crippen molar-refractivity contribution in [1.29, 1.82) is 0 Å². The lowest BCUT2D eigenvalue weighted by atomic mass is 10.1. The van der Waals surface area contributed by atoms with Gasteiger partial charge in [-0.3, -0.25) is 14.3 Å². The molecule has 1 aromatic heterocycles. The molecule has 0 spiro atoms. The minimum absolute atomic E-state index is 0. The van der Waals surface area contributed by atoms with Crippen molar-refractivity contribution in [3.63, 3.8) is 0 Å². The van der Waals surface area contributed by atoms with Crippen molar-refractivity contribution in [2.75, 3.05) is 31.1 Å². The molecule has 29 heavy (non-hydrogen) atoms. The molecule has 2 aliphatic heterocycles. The van der Waals surface area contributed by atoms with Crippen molar-refractivity contribution in [3.05, 3.63) is 47.8 Å². The van der Waals surface area contributed by atoms with Crippen LogP contribution in [0.2, 0.25) is 0 Å². The Morgan fingerprint density at radius 2 is 2.10 bits per heavy atom. The van der Waals surface area contributed by atoms with E-state index in [1.807, 2.05) is 34.0 Å². The van der Waals surface area contributed by atoms with Gasteiger partial charge in [0.1, 0.15) is 5.69 Å². The van der Waals surface area contributed by atoms with Crippen LogP contribution in [0.4, 0.5) is 5.69 Å². The van der Waals surface area contributed by atoms with E-state index in [4.69, 9.17) is 0 Å². The van der Waals surface area contributed by atoms with Gasteiger partial charge in [0.05, 0.1) is 6.04 Å². The zero-order valence-corrected chi connectivity index (χ0v) is 17.3. The Morgan fingerprint density at radius 1 is 1.24 bits per heavy atom. The molecule has 1 fully saturated rings. The Labute approximate surface area is 177 Å². The molecule has 2 amide bonds. The first-order chi connectivity index (χ1) is 13.7. The number of hydrogen-bond acceptors (Lipinski definition) is 4. The van der Waals surface area contributed by atoms with E-state index < -0.39 is 0 Å². The summed E-state index contributed by atoms with van der Waals surface area (Å²) in [5.74, 6) is -0.0604. The summed E-state index contributed by atoms with van der Waals surface area (Å²) in [5, 5.41) is 10.7. The SMILES string of the molecule is Cl.O=C(NCCCC(=O)N1CCc2ccccc21)c1ccn(C2CCCNC2)n1. The third-order valence-electron chi connectivity index (χ3n) is 5.53. The predicted octanol–water partition coefficient (Wildman–Crippen LogP) is 2.33. The molecule has 0 aliphatic carbocycles. The lowest BCUT2D eigenvalue weighted by Crippen LogP contribution is -2.32. The van der Waals surface area contributed by atoms with Gasteiger partial charge in [-0.1, -0.05) is 18.2 Å². The van der Waals surface area contributed by atoms with Gasteiger partial charge in [0.25, 0.3) is 5.91 Å². The number of benzene rings is 1. The third kappa shape index (κ3) is 4.97. The molecule has 4 rings (SSSR count). The zero-order valence-electron chi connectivity index (χ0n) is 16.5. The highest BCUT2D eigenvalue weighted by molar-refractivity contribution is 5.95. The van der Waals surface area contributed by atoms with Crippen LogP contribution in [0.5, 0.6) is 0 Å². The Morgan fingerprint density at radius 3 is 2.93 bits per heavy atom. The van der Waals surface area contributed by atoms with Gasteiger partial charge in [0.2, 0.25) is 5.91 Å². The standard InChI is InChI=1S/C21H27N5O2.ClH/c27-20(25-13-9-16-5-1-2-7-19(16)25)8-4-12-23-21(28)18-10-14-26(24-18)17-6-3-11-22-15-17;/h1-2,5,7,10,14,17,22H,3-4,6,8-9,11-13,15H2,(H,23,28);1H. The number of nitrogens with one attached hydrogen (secondary N) is 2. The van der Waals surface area contributed by atoms with E-state index in [1.165, 1.54) is 5.56 Å². The zero-order chi connectivity index (χ0) is 19.3. The average Bonchev–Trinajstić information content (AvgIpc) is 3.39. The number of carbonyl (C=O) groups excluding carboxylic acids is 2. The largest absolute Gasteiger partial charge is 0.351 e. The first-order valence-electron chi connectivity index (χ1n) is 10.1. The van der Waals surface area contributed by atoms with Crippen molar-refractivity contribution in [2.45, 2.75) is 38.1 Å². The van der Waals surface area contributed by atoms with Gasteiger partial charge in [-0.2, -0.15) is 5.10 Å². The quantitative estimate of drug-likeness (QED) is 0.707. The Kier molecular flexibility index (Phi) is 7.28. The molecule has 2 N–H and O–H groups in total. The lowest BCUT2D eigenvalue weighted by Gasteiger charge is -2.22. The number of aromatic nitrogens is 2. The number of fused-ring (bicyclic) bond motifs is 1. The second kappa shape index (κ2) is 9.89. The van der Waals surface area contributed by atoms with E-state index in [9.17, 15) is 9.59 Å². The van der Waals surface area contributed by atoms with Crippen LogP contribution in [-0.4, -0.2) is 47.8 Å². The smallest absolute Gasteiger partial charge is 0.271 e. The van der Waals surface area contributed by atoms with Gasteiger partial charge in [-0.15, -0.1) is 12.4 Å². The molecule has 0 bridgehead atoms. The summed E-state index contributed by atoms with van der Waals surface area (Å²) >= 11 is 0. The van der Waals surface area contributed by atoms with Gasteiger partial charge in [-0.25, -0.2) is 0 Å². The fraction of sp³-hybridized carbons (Fsp3) is 0.476. The van der Waals surface area contributed by atoms with Crippen LogP contribution in [0.1, 0.15) is 47.8 Å². The van der Waals surface area contributed by atoms with Crippen molar-refractivity contribution < 1.29 is 9.59 Å². The maximum absolute atomic E-state index is 12.5. The fourth-order valence-electron chi connectivity index (χ4n) is 3.99. The molecule has 2 aliphatic rings. The highest BCUT2D eigenvalue weighted by atomic mass is 35.5. The summed E-state index contributed by atoms with van der Waals surface area (Å²) in [7, 11) is 0. The van der Waals surface area contributed by atoms with Crippen LogP contribution < -0.4 is 15.5 Å². The molecule has 2 aromatic rings. The number of hydrogen-bond donors (Lipinski definition) is 2. The Bertz CT molecular complexity index is 847. The molecule has 7 nitrogen and oxygen atoms in total. The fourth-order valence-corrected chi connectivity index (χ4v) is 3.99. The summed E-state index contributed by atoms with van der Waals surface area (Å²) in [6.07, 6.45) is 6.05. The molecule has 1 unspecified atom stereocenters. The molecule has 0 radical (unpaired) electrons. The molecule has 1 saturated heterocycles. The van der Waals surface area contributed by atoms with E-state index in [2.05, 4.69) is 21.8 Å². The van der Waals surface area contributed by atoms with Crippen molar-refractivity contribution in [1.82, 2.24) is 20.4 Å². The van der Waals surface area contributed by atoms with Crippen molar-refractivity contribution in [2.24, 2.45) is 0 Å². The van der Waals surface area contributed by atoms with Crippen LogP contribution in [0, 0.1) is 0 Å². The Hall–Kier alpha value is -2.38. The van der Waals surface area contributed by atoms with Crippen LogP contribution in [0.3, 0.4) is 0 Å². The molecule has 0 saturated carbocycles. The number of halogens is 1. The van der Waals surface area contributed by atoms with E-state index in [1.54, 1.807) is 6.07 Å². The second-order valence-electron chi connectivity index (χ2n) is 7.46. The van der Waals surface area contributed by atoms with Gasteiger partial charge in [0.15, 0.2) is 0 Å². The van der Waals surface area contributed by atoms with E-state index in [-0.39, 0.29) is 24.2 Å². The number of para-hydroxylation sites is 1. The molecule has 1 aromatic carbocycles. The van der Waals surface area contributed by atoms with Crippen molar-refractivity contribution in [3.8, 4) is 0 Å². The normalized spacial score (nSPS) is 18.1. The van der Waals surface area contributed by atoms with Crippen LogP contribution in [-0.2, 0) is 11.2 Å². The molecule has 156 valence electrons. The van der Waals surface area contributed by atoms with E-state index in [0.29, 0.717) is 31.1 Å². The minimum atomic E-state index is -0.179. The highest BCUT2D eigenvalue weighted by Crippen LogP contribution is 2.28. The monoisotopic (exact) mass is 417 g/mol. The molecular formula is C21H28ClN5O2. The topological polar surface area (TPSA) is 79.3 Å². The predicted molar refractivity (Wildman–Crippen MR) is 115 cm³/mol. The van der Waals surface area contributed by atoms with Gasteiger partial charge in [0, 0.05) is 37.9 Å². The molecule has 8 heteroatoms. The maximum Gasteiger partial charge on any atom is 0.271 e. The van der Waals surface area contributed by atoms with Crippen LogP contribution in [0.15, 0.2) is 36.5 Å². The summed E-state index contributed by atoms with van der Waals surface area (Å²) in [6.45, 7) is 3.16. The second-order valence-corrected chi connectivity index (χ2v) is 7.46. The highest BCUT2D eigenvalue weighted by Gasteiger charge is 2.23. The number of carbonyl (C=O) groups is 2. The number of nitrogens with zero attached hydrogens (tertiary/aromatic N) is 3. The van der Waals surface area contributed by atoms with Crippen LogP contribution in [0.25, 0.3) is 0 Å². The molecule has 1 atom stereocenters. The number of anilines is 1. The van der Waals surface area contributed by atoms with Gasteiger partial charge < -0.3 is 15.5 Å². The molecule has 3 heterocycles. The first kappa shape index (κ1) is 21.3. The lowest BCUT2D eigenvalue weighted by molar-refractivity contribution is -0.118. The van der Waals surface area contributed by atoms with E-state index in [0.717, 1.165) is 44.6 Å². The summed E-state index contributed by atoms with van der Waals surface area (Å²) in [5.41, 5.74) is 2.69. The minimum Gasteiger partial charge on any atom is -0.351 e.